The van der Waals surface area contributed by atoms with Crippen LogP contribution in [0, 0.1) is 11.8 Å². The molecule has 0 saturated heterocycles. The van der Waals surface area contributed by atoms with E-state index in [0.717, 1.165) is 0 Å². The van der Waals surface area contributed by atoms with E-state index in [4.69, 9.17) is 5.73 Å². The van der Waals surface area contributed by atoms with Crippen LogP contribution in [0.4, 0.5) is 0 Å². The third-order valence-corrected chi connectivity index (χ3v) is 8.44. The van der Waals surface area contributed by atoms with Crippen LogP contribution in [0.3, 0.4) is 0 Å². The van der Waals surface area contributed by atoms with E-state index in [0.29, 0.717) is 28.5 Å². The topological polar surface area (TPSA) is 199 Å². The molecule has 1 amide bonds. The van der Waals surface area contributed by atoms with E-state index in [1.807, 2.05) is 0 Å². The van der Waals surface area contributed by atoms with Crippen LogP contribution in [-0.2, 0) is 14.4 Å². The molecule has 208 valence electrons. The van der Waals surface area contributed by atoms with Crippen LogP contribution in [0.15, 0.2) is 53.3 Å². The maximum absolute atomic E-state index is 14.1. The second-order valence-corrected chi connectivity index (χ2v) is 10.7. The van der Waals surface area contributed by atoms with Crippen LogP contribution in [0.1, 0.15) is 34.3 Å². The monoisotopic (exact) mass is 548 g/mol. The Kier molecular flexibility index (Phi) is 6.21. The molecule has 1 fully saturated rings. The van der Waals surface area contributed by atoms with Gasteiger partial charge < -0.3 is 31.3 Å². The molecular formula is C29H28N2O9. The summed E-state index contributed by atoms with van der Waals surface area (Å²) in [6.45, 7) is 1.66. The van der Waals surface area contributed by atoms with Crippen molar-refractivity contribution < 1.29 is 44.7 Å². The van der Waals surface area contributed by atoms with Gasteiger partial charge in [0.05, 0.1) is 23.6 Å². The number of rotatable bonds is 4. The Hall–Kier alpha value is -4.32. The summed E-state index contributed by atoms with van der Waals surface area (Å²) in [5.41, 5.74) is 2.62. The number of nitrogens with zero attached hydrogens (tertiary/aromatic N) is 1. The van der Waals surface area contributed by atoms with Crippen molar-refractivity contribution in [1.29, 1.82) is 0 Å². The summed E-state index contributed by atoms with van der Waals surface area (Å²) in [6, 6.07) is 8.05. The zero-order valence-corrected chi connectivity index (χ0v) is 21.8. The predicted octanol–water partition coefficient (Wildman–Crippen LogP) is 0.975. The van der Waals surface area contributed by atoms with Gasteiger partial charge in [-0.25, -0.2) is 0 Å². The molecule has 3 aliphatic rings. The SMILES string of the molecule is CC1c2c(-c3cccc(C=O)c3)ccc(O)c2C(O)=C2C(=O)C3(O)C(O)=C(C(N)=O)C(=O)C(N(C)C)C3C(O)C21. The van der Waals surface area contributed by atoms with Crippen LogP contribution in [0.25, 0.3) is 16.9 Å². The summed E-state index contributed by atoms with van der Waals surface area (Å²) < 4.78 is 0. The van der Waals surface area contributed by atoms with Crippen molar-refractivity contribution in [3.63, 3.8) is 0 Å². The molecule has 11 heteroatoms. The molecule has 6 atom stereocenters. The highest BCUT2D eigenvalue weighted by atomic mass is 16.4. The van der Waals surface area contributed by atoms with Crippen LogP contribution >= 0.6 is 0 Å². The Balaban J connectivity index is 1.82. The summed E-state index contributed by atoms with van der Waals surface area (Å²) >= 11 is 0. The lowest BCUT2D eigenvalue weighted by atomic mass is 9.54. The largest absolute Gasteiger partial charge is 0.508 e. The van der Waals surface area contributed by atoms with E-state index in [-0.39, 0.29) is 11.3 Å². The number of hydrogen-bond acceptors (Lipinski definition) is 10. The number of benzene rings is 2. The second kappa shape index (κ2) is 9.12. The average Bonchev–Trinajstić information content (AvgIpc) is 2.90. The van der Waals surface area contributed by atoms with Gasteiger partial charge in [-0.2, -0.15) is 0 Å². The van der Waals surface area contributed by atoms with Crippen LogP contribution in [-0.4, -0.2) is 86.0 Å². The van der Waals surface area contributed by atoms with Gasteiger partial charge in [-0.3, -0.25) is 24.1 Å². The number of likely N-dealkylation sites (N-methyl/N-ethyl adjacent to an activating group) is 1. The van der Waals surface area contributed by atoms with Crippen molar-refractivity contribution in [2.45, 2.75) is 30.6 Å². The van der Waals surface area contributed by atoms with Crippen LogP contribution in [0.2, 0.25) is 0 Å². The molecule has 0 heterocycles. The Bertz CT molecular complexity index is 1570. The lowest BCUT2D eigenvalue weighted by molar-refractivity contribution is -0.169. The maximum atomic E-state index is 14.1. The molecule has 7 N–H and O–H groups in total. The first-order valence-electron chi connectivity index (χ1n) is 12.5. The number of aromatic hydroxyl groups is 1. The molecule has 3 aliphatic carbocycles. The van der Waals surface area contributed by atoms with Gasteiger partial charge in [-0.1, -0.05) is 31.2 Å². The van der Waals surface area contributed by atoms with Gasteiger partial charge in [0.2, 0.25) is 5.78 Å². The number of hydrogen-bond donors (Lipinski definition) is 6. The fourth-order valence-electron chi connectivity index (χ4n) is 6.73. The second-order valence-electron chi connectivity index (χ2n) is 10.7. The smallest absolute Gasteiger partial charge is 0.255 e. The number of carbonyl (C=O) groups excluding carboxylic acids is 4. The summed E-state index contributed by atoms with van der Waals surface area (Å²) in [5.74, 6) is -9.61. The molecule has 5 rings (SSSR count). The van der Waals surface area contributed by atoms with Crippen molar-refractivity contribution in [3.05, 3.63) is 70.0 Å². The fourth-order valence-corrected chi connectivity index (χ4v) is 6.73. The van der Waals surface area contributed by atoms with Gasteiger partial charge in [0, 0.05) is 17.1 Å². The van der Waals surface area contributed by atoms with E-state index < -0.39 is 75.6 Å². The van der Waals surface area contributed by atoms with E-state index in [1.165, 1.54) is 25.1 Å². The van der Waals surface area contributed by atoms with Gasteiger partial charge >= 0.3 is 0 Å². The minimum absolute atomic E-state index is 0.120. The summed E-state index contributed by atoms with van der Waals surface area (Å²) in [4.78, 5) is 52.2. The Morgan fingerprint density at radius 1 is 1.10 bits per heavy atom. The van der Waals surface area contributed by atoms with E-state index >= 15 is 0 Å². The molecule has 11 nitrogen and oxygen atoms in total. The number of fused-ring (bicyclic) bond motifs is 3. The first-order valence-corrected chi connectivity index (χ1v) is 12.5. The lowest BCUT2D eigenvalue weighted by Gasteiger charge is -2.53. The van der Waals surface area contributed by atoms with E-state index in [9.17, 15) is 44.7 Å². The van der Waals surface area contributed by atoms with Gasteiger partial charge in [0.25, 0.3) is 5.91 Å². The maximum Gasteiger partial charge on any atom is 0.255 e. The molecule has 0 spiro atoms. The van der Waals surface area contributed by atoms with Crippen molar-refractivity contribution >= 4 is 29.5 Å². The van der Waals surface area contributed by atoms with Crippen molar-refractivity contribution in [2.24, 2.45) is 17.6 Å². The van der Waals surface area contributed by atoms with Gasteiger partial charge in [0.1, 0.15) is 29.1 Å². The molecule has 40 heavy (non-hydrogen) atoms. The molecule has 0 aliphatic heterocycles. The lowest BCUT2D eigenvalue weighted by Crippen LogP contribution is -2.70. The highest BCUT2D eigenvalue weighted by Crippen LogP contribution is 2.57. The molecular weight excluding hydrogens is 520 g/mol. The third-order valence-electron chi connectivity index (χ3n) is 8.44. The minimum Gasteiger partial charge on any atom is -0.508 e. The molecule has 1 saturated carbocycles. The predicted molar refractivity (Wildman–Crippen MR) is 141 cm³/mol. The quantitative estimate of drug-likeness (QED) is 0.236. The first kappa shape index (κ1) is 27.3. The average molecular weight is 549 g/mol. The summed E-state index contributed by atoms with van der Waals surface area (Å²) in [6.07, 6.45) is -1.03. The van der Waals surface area contributed by atoms with Crippen molar-refractivity contribution in [3.8, 4) is 16.9 Å². The number of carbonyl (C=O) groups is 4. The van der Waals surface area contributed by atoms with Crippen LogP contribution < -0.4 is 5.73 Å². The van der Waals surface area contributed by atoms with Crippen LogP contribution in [0.5, 0.6) is 5.75 Å². The molecule has 6 unspecified atom stereocenters. The third kappa shape index (κ3) is 3.41. The molecule has 2 aromatic carbocycles. The Morgan fingerprint density at radius 3 is 2.38 bits per heavy atom. The summed E-state index contributed by atoms with van der Waals surface area (Å²) in [5, 5.41) is 56.8. The normalized spacial score (nSPS) is 29.7. The Labute approximate surface area is 228 Å². The fraction of sp³-hybridized carbons (Fsp3) is 0.310. The number of Topliss-reactive ketones (excluding diaryl/α,β-unsaturated/α-hetero) is 2. The first-order chi connectivity index (χ1) is 18.8. The van der Waals surface area contributed by atoms with Gasteiger partial charge in [0.15, 0.2) is 11.4 Å². The number of phenols is 1. The number of aliphatic hydroxyl groups excluding tert-OH is 3. The summed E-state index contributed by atoms with van der Waals surface area (Å²) in [7, 11) is 2.89. The van der Waals surface area contributed by atoms with Gasteiger partial charge in [-0.15, -0.1) is 0 Å². The number of aldehydes is 1. The number of primary amides is 1. The Morgan fingerprint density at radius 2 is 1.77 bits per heavy atom. The van der Waals surface area contributed by atoms with Crippen molar-refractivity contribution in [1.82, 2.24) is 4.90 Å². The molecule has 0 radical (unpaired) electrons. The van der Waals surface area contributed by atoms with E-state index in [1.54, 1.807) is 37.3 Å². The molecule has 2 aromatic rings. The van der Waals surface area contributed by atoms with E-state index in [2.05, 4.69) is 0 Å². The number of phenolic OH excluding ortho intramolecular Hbond substituents is 1. The standard InChI is InChI=1S/C29H28N2O9/c1-11-16-14(13-6-4-5-12(9-13)10-32)7-8-15(33)18(16)23(34)19-17(11)24(35)21-22(31(2)3)25(36)20(28(30)39)27(38)29(21,40)26(19)37/h4-11,17,21-22,24,33-35,38,40H,1-3H3,(H2,30,39). The number of amides is 1. The molecule has 0 aromatic heterocycles. The highest BCUT2D eigenvalue weighted by Gasteiger charge is 2.68. The number of ketones is 2. The zero-order valence-electron chi connectivity index (χ0n) is 21.8. The van der Waals surface area contributed by atoms with Gasteiger partial charge in [-0.05, 0) is 48.8 Å². The number of aliphatic hydroxyl groups is 4. The highest BCUT2D eigenvalue weighted by molar-refractivity contribution is 6.24. The zero-order chi connectivity index (χ0) is 29.4. The minimum atomic E-state index is -2.98. The molecule has 0 bridgehead atoms. The number of nitrogens with two attached hydrogens (primary N) is 1. The van der Waals surface area contributed by atoms with Crippen molar-refractivity contribution in [2.75, 3.05) is 14.1 Å².